The Labute approximate surface area is 183 Å². The van der Waals surface area contributed by atoms with E-state index in [1.807, 2.05) is 91.0 Å². The van der Waals surface area contributed by atoms with Crippen LogP contribution in [0.25, 0.3) is 22.5 Å². The van der Waals surface area contributed by atoms with Crippen molar-refractivity contribution in [2.45, 2.75) is 0 Å². The van der Waals surface area contributed by atoms with E-state index in [-0.39, 0.29) is 18.4 Å². The van der Waals surface area contributed by atoms with E-state index in [1.165, 1.54) is 0 Å². The quantitative estimate of drug-likeness (QED) is 0.393. The number of halogens is 1. The fraction of sp³-hybridized carbons (Fsp3) is 0.0417. The van der Waals surface area contributed by atoms with Crippen LogP contribution in [0, 0.1) is 0 Å². The van der Waals surface area contributed by atoms with Crippen LogP contribution in [0.4, 0.5) is 11.6 Å². The number of nitrogens with zero attached hydrogens (tertiary/aromatic N) is 2. The van der Waals surface area contributed by atoms with Crippen molar-refractivity contribution in [3.63, 3.8) is 0 Å². The highest BCUT2D eigenvalue weighted by molar-refractivity contribution is 9.10. The van der Waals surface area contributed by atoms with Crippen LogP contribution < -0.4 is 10.6 Å². The predicted octanol–water partition coefficient (Wildman–Crippen LogP) is 5.62. The van der Waals surface area contributed by atoms with Gasteiger partial charge >= 0.3 is 0 Å². The molecule has 0 radical (unpaired) electrons. The summed E-state index contributed by atoms with van der Waals surface area (Å²) in [6.07, 6.45) is 0. The first-order chi connectivity index (χ1) is 14.7. The summed E-state index contributed by atoms with van der Waals surface area (Å²) < 4.78 is 0.983. The van der Waals surface area contributed by atoms with Crippen LogP contribution in [0.5, 0.6) is 0 Å². The number of aromatic nitrogens is 2. The molecule has 0 spiro atoms. The first kappa shape index (κ1) is 19.8. The molecule has 0 unspecified atom stereocenters. The molecule has 30 heavy (non-hydrogen) atoms. The summed E-state index contributed by atoms with van der Waals surface area (Å²) in [5.74, 6) is 0.0555. The summed E-state index contributed by atoms with van der Waals surface area (Å²) >= 11 is 3.40. The van der Waals surface area contributed by atoms with Crippen molar-refractivity contribution in [3.8, 4) is 22.5 Å². The molecule has 0 saturated carbocycles. The van der Waals surface area contributed by atoms with E-state index in [2.05, 4.69) is 36.5 Å². The Bertz CT molecular complexity index is 1080. The molecule has 0 fully saturated rings. The smallest absolute Gasteiger partial charge is 0.246 e. The molecule has 0 bridgehead atoms. The Kier molecular flexibility index (Phi) is 6.15. The van der Waals surface area contributed by atoms with Crippen molar-refractivity contribution in [1.29, 1.82) is 0 Å². The molecular weight excluding hydrogens is 440 g/mol. The van der Waals surface area contributed by atoms with Crippen LogP contribution in [0.15, 0.2) is 95.5 Å². The van der Waals surface area contributed by atoms with Gasteiger partial charge in [0.2, 0.25) is 11.9 Å². The molecule has 4 rings (SSSR count). The Balaban J connectivity index is 1.57. The molecule has 0 aliphatic carbocycles. The van der Waals surface area contributed by atoms with Gasteiger partial charge in [-0.25, -0.2) is 9.97 Å². The van der Waals surface area contributed by atoms with Crippen LogP contribution in [-0.2, 0) is 4.79 Å². The van der Waals surface area contributed by atoms with Gasteiger partial charge in [0.15, 0.2) is 0 Å². The van der Waals surface area contributed by atoms with Gasteiger partial charge in [-0.15, -0.1) is 0 Å². The SMILES string of the molecule is O=C(CNc1ccc(Br)cc1)Nc1nc(-c2ccccc2)cc(-c2ccccc2)n1. The first-order valence-electron chi connectivity index (χ1n) is 9.46. The van der Waals surface area contributed by atoms with Gasteiger partial charge in [-0.2, -0.15) is 0 Å². The van der Waals surface area contributed by atoms with Crippen LogP contribution in [0.2, 0.25) is 0 Å². The molecule has 4 aromatic rings. The second-order valence-electron chi connectivity index (χ2n) is 6.60. The molecule has 0 aliphatic heterocycles. The van der Waals surface area contributed by atoms with Gasteiger partial charge in [-0.3, -0.25) is 10.1 Å². The number of hydrogen-bond acceptors (Lipinski definition) is 4. The molecule has 2 N–H and O–H groups in total. The van der Waals surface area contributed by atoms with Gasteiger partial charge < -0.3 is 5.32 Å². The largest absolute Gasteiger partial charge is 0.376 e. The zero-order valence-corrected chi connectivity index (χ0v) is 17.6. The average molecular weight is 459 g/mol. The lowest BCUT2D eigenvalue weighted by Crippen LogP contribution is -2.23. The highest BCUT2D eigenvalue weighted by Gasteiger charge is 2.11. The molecule has 1 amide bonds. The highest BCUT2D eigenvalue weighted by Crippen LogP contribution is 2.25. The minimum atomic E-state index is -0.220. The summed E-state index contributed by atoms with van der Waals surface area (Å²) in [6, 6.07) is 29.2. The van der Waals surface area contributed by atoms with E-state index in [0.29, 0.717) is 0 Å². The standard InChI is InChI=1S/C24H19BrN4O/c25-19-11-13-20(14-12-19)26-16-23(30)29-24-27-21(17-7-3-1-4-8-17)15-22(28-24)18-9-5-2-6-10-18/h1-15,26H,16H2,(H,27,28,29,30). The molecular formula is C24H19BrN4O. The van der Waals surface area contributed by atoms with Crippen LogP contribution >= 0.6 is 15.9 Å². The van der Waals surface area contributed by atoms with Crippen molar-refractivity contribution in [2.75, 3.05) is 17.2 Å². The summed E-state index contributed by atoms with van der Waals surface area (Å²) in [4.78, 5) is 21.6. The van der Waals surface area contributed by atoms with Crippen molar-refractivity contribution >= 4 is 33.5 Å². The maximum Gasteiger partial charge on any atom is 0.246 e. The molecule has 5 nitrogen and oxygen atoms in total. The van der Waals surface area contributed by atoms with E-state index in [1.54, 1.807) is 0 Å². The van der Waals surface area contributed by atoms with Gasteiger partial charge in [0.05, 0.1) is 17.9 Å². The Hall–Kier alpha value is -3.51. The number of nitrogens with one attached hydrogen (secondary N) is 2. The number of carbonyl (C=O) groups excluding carboxylic acids is 1. The third-order valence-corrected chi connectivity index (χ3v) is 4.94. The molecule has 148 valence electrons. The van der Waals surface area contributed by atoms with E-state index < -0.39 is 0 Å². The fourth-order valence-electron chi connectivity index (χ4n) is 2.94. The summed E-state index contributed by atoms with van der Waals surface area (Å²) in [5, 5.41) is 5.91. The lowest BCUT2D eigenvalue weighted by molar-refractivity contribution is -0.114. The molecule has 0 atom stereocenters. The summed E-state index contributed by atoms with van der Waals surface area (Å²) in [6.45, 7) is 0.112. The zero-order valence-electron chi connectivity index (χ0n) is 16.0. The van der Waals surface area contributed by atoms with E-state index >= 15 is 0 Å². The maximum atomic E-state index is 12.5. The number of anilines is 2. The predicted molar refractivity (Wildman–Crippen MR) is 124 cm³/mol. The Morgan fingerprint density at radius 3 is 1.83 bits per heavy atom. The fourth-order valence-corrected chi connectivity index (χ4v) is 3.20. The highest BCUT2D eigenvalue weighted by atomic mass is 79.9. The maximum absolute atomic E-state index is 12.5. The van der Waals surface area contributed by atoms with Gasteiger partial charge in [-0.05, 0) is 30.3 Å². The number of benzene rings is 3. The topological polar surface area (TPSA) is 66.9 Å². The second kappa shape index (κ2) is 9.33. The molecule has 1 aromatic heterocycles. The molecule has 6 heteroatoms. The molecule has 0 saturated heterocycles. The second-order valence-corrected chi connectivity index (χ2v) is 7.52. The first-order valence-corrected chi connectivity index (χ1v) is 10.3. The minimum absolute atomic E-state index is 0.112. The Morgan fingerprint density at radius 2 is 1.30 bits per heavy atom. The van der Waals surface area contributed by atoms with Crippen LogP contribution in [-0.4, -0.2) is 22.4 Å². The zero-order chi connectivity index (χ0) is 20.8. The molecule has 3 aromatic carbocycles. The van der Waals surface area contributed by atoms with Crippen LogP contribution in [0.1, 0.15) is 0 Å². The third kappa shape index (κ3) is 5.10. The molecule has 1 heterocycles. The third-order valence-electron chi connectivity index (χ3n) is 4.41. The van der Waals surface area contributed by atoms with Crippen molar-refractivity contribution in [1.82, 2.24) is 9.97 Å². The molecule has 0 aliphatic rings. The van der Waals surface area contributed by atoms with E-state index in [9.17, 15) is 4.79 Å². The summed E-state index contributed by atoms with van der Waals surface area (Å²) in [7, 11) is 0. The number of rotatable bonds is 6. The van der Waals surface area contributed by atoms with Gasteiger partial charge in [0, 0.05) is 21.3 Å². The van der Waals surface area contributed by atoms with E-state index in [4.69, 9.17) is 0 Å². The monoisotopic (exact) mass is 458 g/mol. The number of hydrogen-bond donors (Lipinski definition) is 2. The van der Waals surface area contributed by atoms with Crippen molar-refractivity contribution in [2.24, 2.45) is 0 Å². The van der Waals surface area contributed by atoms with Gasteiger partial charge in [-0.1, -0.05) is 76.6 Å². The van der Waals surface area contributed by atoms with E-state index in [0.717, 1.165) is 32.7 Å². The Morgan fingerprint density at radius 1 is 0.767 bits per heavy atom. The number of amides is 1. The van der Waals surface area contributed by atoms with Crippen molar-refractivity contribution in [3.05, 3.63) is 95.5 Å². The normalized spacial score (nSPS) is 10.4. The van der Waals surface area contributed by atoms with Crippen molar-refractivity contribution < 1.29 is 4.79 Å². The lowest BCUT2D eigenvalue weighted by Gasteiger charge is -2.11. The van der Waals surface area contributed by atoms with Crippen LogP contribution in [0.3, 0.4) is 0 Å². The number of carbonyl (C=O) groups is 1. The van der Waals surface area contributed by atoms with Gasteiger partial charge in [0.1, 0.15) is 0 Å². The summed E-state index contributed by atoms with van der Waals surface area (Å²) in [5.41, 5.74) is 4.28. The lowest BCUT2D eigenvalue weighted by atomic mass is 10.1. The van der Waals surface area contributed by atoms with Gasteiger partial charge in [0.25, 0.3) is 0 Å². The average Bonchev–Trinajstić information content (AvgIpc) is 2.80. The minimum Gasteiger partial charge on any atom is -0.376 e.